The van der Waals surface area contributed by atoms with Crippen LogP contribution in [0.2, 0.25) is 0 Å². The van der Waals surface area contributed by atoms with Crippen LogP contribution in [0.25, 0.3) is 0 Å². The van der Waals surface area contributed by atoms with E-state index in [1.165, 1.54) is 30.3 Å². The van der Waals surface area contributed by atoms with Crippen LogP contribution in [0.5, 0.6) is 0 Å². The minimum absolute atomic E-state index is 0.174. The van der Waals surface area contributed by atoms with E-state index < -0.39 is 35.1 Å². The first kappa shape index (κ1) is 21.0. The van der Waals surface area contributed by atoms with Crippen LogP contribution in [0, 0.1) is 11.6 Å². The summed E-state index contributed by atoms with van der Waals surface area (Å²) in [5.74, 6) is -3.28. The summed E-state index contributed by atoms with van der Waals surface area (Å²) in [7, 11) is 0. The smallest absolute Gasteiger partial charge is 0.338 e. The highest BCUT2D eigenvalue weighted by Gasteiger charge is 2.21. The van der Waals surface area contributed by atoms with Crippen molar-refractivity contribution in [2.24, 2.45) is 0 Å². The molecule has 0 heterocycles. The van der Waals surface area contributed by atoms with Gasteiger partial charge in [0.15, 0.2) is 0 Å². The zero-order valence-electron chi connectivity index (χ0n) is 15.5. The number of anilines is 2. The number of esters is 1. The molecule has 28 heavy (non-hydrogen) atoms. The van der Waals surface area contributed by atoms with Crippen molar-refractivity contribution in [3.63, 3.8) is 0 Å². The summed E-state index contributed by atoms with van der Waals surface area (Å²) in [5, 5.41) is 2.60. The fourth-order valence-electron chi connectivity index (χ4n) is 2.51. The summed E-state index contributed by atoms with van der Waals surface area (Å²) < 4.78 is 32.7. The van der Waals surface area contributed by atoms with Crippen LogP contribution < -0.4 is 10.2 Å². The molecule has 0 aliphatic rings. The van der Waals surface area contributed by atoms with E-state index in [0.717, 1.165) is 24.0 Å². The molecule has 2 amide bonds. The molecule has 6 nitrogen and oxygen atoms in total. The Balaban J connectivity index is 2.00. The number of rotatable bonds is 7. The Hall–Kier alpha value is -3.29. The molecular formula is C20H20F2N2O4. The summed E-state index contributed by atoms with van der Waals surface area (Å²) in [4.78, 5) is 36.4. The number of benzene rings is 2. The van der Waals surface area contributed by atoms with E-state index in [4.69, 9.17) is 4.74 Å². The van der Waals surface area contributed by atoms with E-state index in [-0.39, 0.29) is 19.6 Å². The van der Waals surface area contributed by atoms with E-state index >= 15 is 0 Å². The molecule has 0 atom stereocenters. The first-order chi connectivity index (χ1) is 13.3. The lowest BCUT2D eigenvalue weighted by molar-refractivity contribution is -0.117. The lowest BCUT2D eigenvalue weighted by Gasteiger charge is -2.22. The van der Waals surface area contributed by atoms with Gasteiger partial charge in [-0.1, -0.05) is 6.07 Å². The van der Waals surface area contributed by atoms with Crippen molar-refractivity contribution in [1.29, 1.82) is 0 Å². The number of hydrogen-bond donors (Lipinski definition) is 1. The highest BCUT2D eigenvalue weighted by molar-refractivity contribution is 5.95. The molecular weight excluding hydrogens is 370 g/mol. The summed E-state index contributed by atoms with van der Waals surface area (Å²) in [5.41, 5.74) is 0.295. The van der Waals surface area contributed by atoms with Gasteiger partial charge in [0.05, 0.1) is 12.2 Å². The number of halogens is 2. The Morgan fingerprint density at radius 1 is 1.04 bits per heavy atom. The fourth-order valence-corrected chi connectivity index (χ4v) is 2.51. The van der Waals surface area contributed by atoms with Gasteiger partial charge < -0.3 is 15.0 Å². The Kier molecular flexibility index (Phi) is 7.20. The molecule has 148 valence electrons. The van der Waals surface area contributed by atoms with Crippen LogP contribution in [-0.4, -0.2) is 30.9 Å². The molecule has 0 saturated heterocycles. The molecule has 2 aromatic carbocycles. The van der Waals surface area contributed by atoms with Gasteiger partial charge in [-0.3, -0.25) is 9.59 Å². The molecule has 0 aromatic heterocycles. The molecule has 0 saturated carbocycles. The van der Waals surface area contributed by atoms with Gasteiger partial charge >= 0.3 is 5.97 Å². The molecule has 0 radical (unpaired) electrons. The van der Waals surface area contributed by atoms with Gasteiger partial charge in [-0.05, 0) is 43.3 Å². The van der Waals surface area contributed by atoms with Crippen LogP contribution in [0.3, 0.4) is 0 Å². The van der Waals surface area contributed by atoms with E-state index in [0.29, 0.717) is 11.3 Å². The number of nitrogens with zero attached hydrogens (tertiary/aromatic N) is 1. The van der Waals surface area contributed by atoms with Gasteiger partial charge in [0.25, 0.3) is 0 Å². The first-order valence-electron chi connectivity index (χ1n) is 8.62. The third-order valence-electron chi connectivity index (χ3n) is 3.83. The molecule has 1 N–H and O–H groups in total. The van der Waals surface area contributed by atoms with Crippen molar-refractivity contribution in [1.82, 2.24) is 0 Å². The van der Waals surface area contributed by atoms with Gasteiger partial charge in [0.1, 0.15) is 17.3 Å². The van der Waals surface area contributed by atoms with Crippen molar-refractivity contribution in [3.05, 3.63) is 59.7 Å². The van der Waals surface area contributed by atoms with Gasteiger partial charge in [0, 0.05) is 25.6 Å². The van der Waals surface area contributed by atoms with E-state index in [9.17, 15) is 23.2 Å². The standard InChI is InChI=1S/C20H20F2N2O4/c1-3-28-20(27)14-7-9-15(10-8-14)23-18(26)11-12-24(13(2)25)19-16(21)5-4-6-17(19)22/h4-10H,3,11-12H2,1-2H3,(H,23,26). The van der Waals surface area contributed by atoms with Crippen LogP contribution in [0.4, 0.5) is 20.2 Å². The lowest BCUT2D eigenvalue weighted by Crippen LogP contribution is -2.33. The summed E-state index contributed by atoms with van der Waals surface area (Å²) >= 11 is 0. The molecule has 2 aromatic rings. The molecule has 0 aliphatic heterocycles. The second-order valence-electron chi connectivity index (χ2n) is 5.84. The van der Waals surface area contributed by atoms with Crippen LogP contribution >= 0.6 is 0 Å². The van der Waals surface area contributed by atoms with Gasteiger partial charge in [-0.15, -0.1) is 0 Å². The molecule has 0 bridgehead atoms. The zero-order chi connectivity index (χ0) is 20.7. The maximum atomic E-state index is 13.9. The largest absolute Gasteiger partial charge is 0.462 e. The zero-order valence-corrected chi connectivity index (χ0v) is 15.5. The third-order valence-corrected chi connectivity index (χ3v) is 3.83. The van der Waals surface area contributed by atoms with Gasteiger partial charge in [-0.2, -0.15) is 0 Å². The second kappa shape index (κ2) is 9.59. The third kappa shape index (κ3) is 5.35. The van der Waals surface area contributed by atoms with E-state index in [2.05, 4.69) is 5.32 Å². The monoisotopic (exact) mass is 390 g/mol. The maximum absolute atomic E-state index is 13.9. The maximum Gasteiger partial charge on any atom is 0.338 e. The Bertz CT molecular complexity index is 849. The Morgan fingerprint density at radius 2 is 1.64 bits per heavy atom. The Labute approximate surface area is 161 Å². The SMILES string of the molecule is CCOC(=O)c1ccc(NC(=O)CCN(C(C)=O)c2c(F)cccc2F)cc1. The molecule has 0 spiro atoms. The minimum Gasteiger partial charge on any atom is -0.462 e. The van der Waals surface area contributed by atoms with Crippen LogP contribution in [0.15, 0.2) is 42.5 Å². The van der Waals surface area contributed by atoms with Crippen LogP contribution in [-0.2, 0) is 14.3 Å². The molecule has 0 aliphatic carbocycles. The normalized spacial score (nSPS) is 10.3. The summed E-state index contributed by atoms with van der Waals surface area (Å²) in [6.45, 7) is 2.93. The number of hydrogen-bond acceptors (Lipinski definition) is 4. The van der Waals surface area contributed by atoms with Gasteiger partial charge in [0.2, 0.25) is 11.8 Å². The van der Waals surface area contributed by atoms with Crippen molar-refractivity contribution < 1.29 is 27.9 Å². The van der Waals surface area contributed by atoms with Crippen molar-refractivity contribution in [3.8, 4) is 0 Å². The van der Waals surface area contributed by atoms with Crippen molar-refractivity contribution in [2.75, 3.05) is 23.4 Å². The van der Waals surface area contributed by atoms with Crippen LogP contribution in [0.1, 0.15) is 30.6 Å². The molecule has 0 unspecified atom stereocenters. The predicted molar refractivity (Wildman–Crippen MR) is 100 cm³/mol. The number of amides is 2. The Morgan fingerprint density at radius 3 is 2.18 bits per heavy atom. The molecule has 0 fully saturated rings. The number of ether oxygens (including phenoxy) is 1. The number of nitrogens with one attached hydrogen (secondary N) is 1. The quantitative estimate of drug-likeness (QED) is 0.734. The number of para-hydroxylation sites is 1. The van der Waals surface area contributed by atoms with Crippen molar-refractivity contribution >= 4 is 29.2 Å². The lowest BCUT2D eigenvalue weighted by atomic mass is 10.2. The summed E-state index contributed by atoms with van der Waals surface area (Å²) in [6, 6.07) is 9.35. The topological polar surface area (TPSA) is 75.7 Å². The first-order valence-corrected chi connectivity index (χ1v) is 8.62. The second-order valence-corrected chi connectivity index (χ2v) is 5.84. The predicted octanol–water partition coefficient (Wildman–Crippen LogP) is 3.52. The number of carbonyl (C=O) groups excluding carboxylic acids is 3. The van der Waals surface area contributed by atoms with Gasteiger partial charge in [-0.25, -0.2) is 13.6 Å². The molecule has 8 heteroatoms. The average Bonchev–Trinajstić information content (AvgIpc) is 2.64. The average molecular weight is 390 g/mol. The van der Waals surface area contributed by atoms with E-state index in [1.54, 1.807) is 6.92 Å². The fraction of sp³-hybridized carbons (Fsp3) is 0.250. The minimum atomic E-state index is -0.884. The molecule has 2 rings (SSSR count). The number of carbonyl (C=O) groups is 3. The highest BCUT2D eigenvalue weighted by atomic mass is 19.1. The van der Waals surface area contributed by atoms with Crippen molar-refractivity contribution in [2.45, 2.75) is 20.3 Å². The summed E-state index contributed by atoms with van der Waals surface area (Å²) in [6.07, 6.45) is -0.174. The highest BCUT2D eigenvalue weighted by Crippen LogP contribution is 2.23. The van der Waals surface area contributed by atoms with E-state index in [1.807, 2.05) is 0 Å².